The van der Waals surface area contributed by atoms with Crippen molar-refractivity contribution in [2.24, 2.45) is 5.73 Å². The number of nitrogens with zero attached hydrogens (tertiary/aromatic N) is 1. The van der Waals surface area contributed by atoms with E-state index in [0.717, 1.165) is 16.6 Å². The zero-order valence-corrected chi connectivity index (χ0v) is 11.0. The summed E-state index contributed by atoms with van der Waals surface area (Å²) in [6.45, 7) is 3.71. The summed E-state index contributed by atoms with van der Waals surface area (Å²) in [5.41, 5.74) is 7.31. The molecule has 0 radical (unpaired) electrons. The van der Waals surface area contributed by atoms with Gasteiger partial charge in [-0.1, -0.05) is 18.2 Å². The normalized spacial score (nSPS) is 11.8. The van der Waals surface area contributed by atoms with Crippen molar-refractivity contribution in [3.8, 4) is 0 Å². The molecule has 96 valence electrons. The molecule has 1 aromatic heterocycles. The Kier molecular flexibility index (Phi) is 3.13. The predicted octanol–water partition coefficient (Wildman–Crippen LogP) is 2.26. The minimum absolute atomic E-state index is 0.0206. The number of anilines is 1. The van der Waals surface area contributed by atoms with Crippen LogP contribution in [0.4, 0.5) is 5.69 Å². The van der Waals surface area contributed by atoms with E-state index in [9.17, 15) is 4.79 Å². The van der Waals surface area contributed by atoms with Gasteiger partial charge in [0.15, 0.2) is 0 Å². The second-order valence-electron chi connectivity index (χ2n) is 5.34. The van der Waals surface area contributed by atoms with Crippen LogP contribution in [0.15, 0.2) is 30.5 Å². The zero-order valence-electron chi connectivity index (χ0n) is 11.0. The van der Waals surface area contributed by atoms with Crippen LogP contribution in [0.5, 0.6) is 0 Å². The fraction of sp³-hybridized carbons (Fsp3) is 0.357. The Balaban J connectivity index is 2.28. The van der Waals surface area contributed by atoms with Gasteiger partial charge in [-0.2, -0.15) is 0 Å². The number of nitrogens with two attached hydrogens (primary N) is 1. The van der Waals surface area contributed by atoms with E-state index in [2.05, 4.69) is 4.98 Å². The maximum Gasteiger partial charge on any atom is 0.228 e. The van der Waals surface area contributed by atoms with Crippen molar-refractivity contribution < 1.29 is 4.79 Å². The Hall–Kier alpha value is -1.81. The van der Waals surface area contributed by atoms with Crippen LogP contribution < -0.4 is 10.6 Å². The lowest BCUT2D eigenvalue weighted by molar-refractivity contribution is -0.119. The van der Waals surface area contributed by atoms with Crippen LogP contribution in [-0.2, 0) is 4.79 Å². The number of carbonyl (C=O) groups excluding carboxylic acids is 1. The number of H-pyrrole nitrogens is 1. The van der Waals surface area contributed by atoms with E-state index in [1.54, 1.807) is 11.9 Å². The van der Waals surface area contributed by atoms with Gasteiger partial charge in [-0.25, -0.2) is 0 Å². The molecule has 1 heterocycles. The molecule has 0 saturated carbocycles. The third kappa shape index (κ3) is 2.54. The molecule has 1 amide bonds. The predicted molar refractivity (Wildman–Crippen MR) is 74.6 cm³/mol. The highest BCUT2D eigenvalue weighted by atomic mass is 16.2. The van der Waals surface area contributed by atoms with Crippen LogP contribution in [-0.4, -0.2) is 23.5 Å². The number of rotatable bonds is 3. The second kappa shape index (κ2) is 4.46. The number of fused-ring (bicyclic) bond motifs is 1. The average molecular weight is 245 g/mol. The second-order valence-corrected chi connectivity index (χ2v) is 5.34. The van der Waals surface area contributed by atoms with E-state index < -0.39 is 5.54 Å². The molecular weight excluding hydrogens is 226 g/mol. The molecule has 0 fully saturated rings. The molecule has 2 rings (SSSR count). The van der Waals surface area contributed by atoms with Gasteiger partial charge in [-0.3, -0.25) is 4.79 Å². The van der Waals surface area contributed by atoms with Crippen LogP contribution in [0.3, 0.4) is 0 Å². The summed E-state index contributed by atoms with van der Waals surface area (Å²) in [5.74, 6) is 0.0206. The molecule has 3 N–H and O–H groups in total. The monoisotopic (exact) mass is 245 g/mol. The average Bonchev–Trinajstić information content (AvgIpc) is 2.69. The van der Waals surface area contributed by atoms with Gasteiger partial charge in [-0.05, 0) is 19.9 Å². The standard InChI is InChI=1S/C14H19N3O/c1-14(2,15)8-13(18)17(3)12-9-16-11-7-5-4-6-10(11)12/h4-7,9,16H,8,15H2,1-3H3. The quantitative estimate of drug-likeness (QED) is 0.871. The highest BCUT2D eigenvalue weighted by molar-refractivity contribution is 6.03. The maximum absolute atomic E-state index is 12.1. The van der Waals surface area contributed by atoms with Gasteiger partial charge in [0.25, 0.3) is 0 Å². The molecule has 0 spiro atoms. The summed E-state index contributed by atoms with van der Waals surface area (Å²) in [5, 5.41) is 1.04. The van der Waals surface area contributed by atoms with Gasteiger partial charge in [-0.15, -0.1) is 0 Å². The fourth-order valence-electron chi connectivity index (χ4n) is 1.98. The van der Waals surface area contributed by atoms with E-state index in [-0.39, 0.29) is 5.91 Å². The molecule has 1 aromatic carbocycles. The van der Waals surface area contributed by atoms with Gasteiger partial charge in [0, 0.05) is 36.1 Å². The van der Waals surface area contributed by atoms with E-state index in [1.807, 2.05) is 44.3 Å². The van der Waals surface area contributed by atoms with Crippen LogP contribution in [0, 0.1) is 0 Å². The number of benzene rings is 1. The largest absolute Gasteiger partial charge is 0.359 e. The summed E-state index contributed by atoms with van der Waals surface area (Å²) in [6.07, 6.45) is 2.18. The Morgan fingerprint density at radius 3 is 2.72 bits per heavy atom. The highest BCUT2D eigenvalue weighted by Gasteiger charge is 2.21. The first-order valence-corrected chi connectivity index (χ1v) is 6.00. The molecule has 0 saturated heterocycles. The number of hydrogen-bond donors (Lipinski definition) is 2. The van der Waals surface area contributed by atoms with Crippen molar-refractivity contribution in [3.63, 3.8) is 0 Å². The first-order chi connectivity index (χ1) is 8.38. The molecule has 0 aliphatic heterocycles. The van der Waals surface area contributed by atoms with Crippen molar-refractivity contribution in [2.75, 3.05) is 11.9 Å². The van der Waals surface area contributed by atoms with Gasteiger partial charge in [0.2, 0.25) is 5.91 Å². The van der Waals surface area contributed by atoms with E-state index in [1.165, 1.54) is 0 Å². The molecule has 0 bridgehead atoms. The lowest BCUT2D eigenvalue weighted by atomic mass is 10.0. The van der Waals surface area contributed by atoms with Crippen molar-refractivity contribution >= 4 is 22.5 Å². The van der Waals surface area contributed by atoms with E-state index >= 15 is 0 Å². The number of hydrogen-bond acceptors (Lipinski definition) is 2. The third-order valence-electron chi connectivity index (χ3n) is 2.91. The van der Waals surface area contributed by atoms with Crippen molar-refractivity contribution in [2.45, 2.75) is 25.8 Å². The van der Waals surface area contributed by atoms with Crippen LogP contribution >= 0.6 is 0 Å². The molecule has 18 heavy (non-hydrogen) atoms. The Bertz CT molecular complexity index is 566. The molecule has 4 nitrogen and oxygen atoms in total. The van der Waals surface area contributed by atoms with Gasteiger partial charge in [0.1, 0.15) is 0 Å². The molecule has 0 atom stereocenters. The molecule has 0 unspecified atom stereocenters. The molecule has 4 heteroatoms. The van der Waals surface area contributed by atoms with Crippen LogP contribution in [0.2, 0.25) is 0 Å². The zero-order chi connectivity index (χ0) is 13.3. The minimum atomic E-state index is -0.489. The number of aromatic nitrogens is 1. The Morgan fingerprint density at radius 1 is 1.39 bits per heavy atom. The summed E-state index contributed by atoms with van der Waals surface area (Å²) in [4.78, 5) is 17.0. The third-order valence-corrected chi connectivity index (χ3v) is 2.91. The van der Waals surface area contributed by atoms with Crippen molar-refractivity contribution in [1.82, 2.24) is 4.98 Å². The SMILES string of the molecule is CN(C(=O)CC(C)(C)N)c1c[nH]c2ccccc12. The van der Waals surface area contributed by atoms with Gasteiger partial charge < -0.3 is 15.6 Å². The van der Waals surface area contributed by atoms with Crippen molar-refractivity contribution in [1.29, 1.82) is 0 Å². The number of carbonyl (C=O) groups is 1. The van der Waals surface area contributed by atoms with Gasteiger partial charge in [0.05, 0.1) is 5.69 Å². The van der Waals surface area contributed by atoms with E-state index in [4.69, 9.17) is 5.73 Å². The molecule has 0 aliphatic rings. The maximum atomic E-state index is 12.1. The van der Waals surface area contributed by atoms with Gasteiger partial charge >= 0.3 is 0 Å². The number of aromatic amines is 1. The highest BCUT2D eigenvalue weighted by Crippen LogP contribution is 2.26. The number of nitrogens with one attached hydrogen (secondary N) is 1. The van der Waals surface area contributed by atoms with Crippen LogP contribution in [0.25, 0.3) is 10.9 Å². The van der Waals surface area contributed by atoms with E-state index in [0.29, 0.717) is 6.42 Å². The Labute approximate surface area is 107 Å². The van der Waals surface area contributed by atoms with Crippen molar-refractivity contribution in [3.05, 3.63) is 30.5 Å². The number of amides is 1. The molecule has 0 aliphatic carbocycles. The minimum Gasteiger partial charge on any atom is -0.359 e. The Morgan fingerprint density at radius 2 is 2.06 bits per heavy atom. The lowest BCUT2D eigenvalue weighted by Gasteiger charge is -2.22. The summed E-state index contributed by atoms with van der Waals surface area (Å²) >= 11 is 0. The molecule has 2 aromatic rings. The first kappa shape index (κ1) is 12.6. The lowest BCUT2D eigenvalue weighted by Crippen LogP contribution is -2.39. The first-order valence-electron chi connectivity index (χ1n) is 6.00. The smallest absolute Gasteiger partial charge is 0.228 e. The number of para-hydroxylation sites is 1. The summed E-state index contributed by atoms with van der Waals surface area (Å²) in [7, 11) is 1.78. The summed E-state index contributed by atoms with van der Waals surface area (Å²) in [6, 6.07) is 7.92. The summed E-state index contributed by atoms with van der Waals surface area (Å²) < 4.78 is 0. The topological polar surface area (TPSA) is 62.1 Å². The fourth-order valence-corrected chi connectivity index (χ4v) is 1.98. The van der Waals surface area contributed by atoms with Crippen LogP contribution in [0.1, 0.15) is 20.3 Å². The molecular formula is C14H19N3O.